The minimum Gasteiger partial charge on any atom is -0.366 e. The van der Waals surface area contributed by atoms with E-state index >= 15 is 0 Å². The highest BCUT2D eigenvalue weighted by Crippen LogP contribution is 2.29. The molecule has 8 nitrogen and oxygen atoms in total. The molecule has 5 rings (SSSR count). The molecule has 2 N–H and O–H groups in total. The molecule has 4 aromatic rings. The van der Waals surface area contributed by atoms with Crippen LogP contribution in [0.15, 0.2) is 71.7 Å². The fraction of sp³-hybridized carbons (Fsp3) is 0.267. The van der Waals surface area contributed by atoms with Crippen LogP contribution in [0.2, 0.25) is 10.0 Å². The predicted molar refractivity (Wildman–Crippen MR) is 158 cm³/mol. The maximum atomic E-state index is 13.7. The lowest BCUT2D eigenvalue weighted by atomic mass is 9.96. The number of primary amides is 1. The first-order valence-electron chi connectivity index (χ1n) is 13.0. The zero-order valence-corrected chi connectivity index (χ0v) is 23.5. The van der Waals surface area contributed by atoms with Crippen molar-refractivity contribution in [1.82, 2.24) is 19.4 Å². The molecule has 10 heteroatoms. The fourth-order valence-electron chi connectivity index (χ4n) is 5.24. The molecule has 3 aromatic carbocycles. The van der Waals surface area contributed by atoms with Gasteiger partial charge >= 0.3 is 0 Å². The number of amides is 2. The van der Waals surface area contributed by atoms with Crippen LogP contribution >= 0.6 is 23.2 Å². The molecule has 1 saturated heterocycles. The number of likely N-dealkylation sites (N-methyl/N-ethyl adjacent to an activating group) is 1. The number of halogens is 2. The summed E-state index contributed by atoms with van der Waals surface area (Å²) in [5, 5.41) is 0.601. The largest absolute Gasteiger partial charge is 0.366 e. The molecule has 0 spiro atoms. The third-order valence-corrected chi connectivity index (χ3v) is 8.19. The summed E-state index contributed by atoms with van der Waals surface area (Å²) in [5.41, 5.74) is 9.12. The monoisotopic (exact) mass is 577 g/mol. The van der Waals surface area contributed by atoms with Crippen LogP contribution in [0.5, 0.6) is 0 Å². The standard InChI is InChI=1S/C30H29Cl2N5O3/c1-35(29(39)18-37-26-15-24(32)23(31)14-25(26)34-16-28(37)38)27(17-36-12-4-5-13-36)20-10-8-19(9-11-20)21-6-2-3-7-22(21)30(33)40/h2-3,6-11,14-16,27H,4-5,12-13,17-18H2,1H3,(H2,33,40). The fourth-order valence-corrected chi connectivity index (χ4v) is 5.55. The van der Waals surface area contributed by atoms with Crippen LogP contribution in [0.3, 0.4) is 0 Å². The van der Waals surface area contributed by atoms with Crippen molar-refractivity contribution in [3.8, 4) is 11.1 Å². The van der Waals surface area contributed by atoms with Crippen LogP contribution in [0.1, 0.15) is 34.8 Å². The first-order chi connectivity index (χ1) is 19.2. The molecule has 1 aliphatic heterocycles. The lowest BCUT2D eigenvalue weighted by molar-refractivity contribution is -0.133. The zero-order valence-electron chi connectivity index (χ0n) is 22.0. The van der Waals surface area contributed by atoms with Crippen LogP contribution in [-0.4, -0.2) is 57.8 Å². The second-order valence-electron chi connectivity index (χ2n) is 10.00. The van der Waals surface area contributed by atoms with E-state index in [0.717, 1.165) is 42.6 Å². The highest BCUT2D eigenvalue weighted by atomic mass is 35.5. The van der Waals surface area contributed by atoms with Gasteiger partial charge in [0.25, 0.3) is 5.56 Å². The minimum atomic E-state index is -0.487. The minimum absolute atomic E-state index is 0.174. The number of carbonyl (C=O) groups is 2. The van der Waals surface area contributed by atoms with Gasteiger partial charge in [0, 0.05) is 19.2 Å². The molecule has 40 heavy (non-hydrogen) atoms. The number of hydrogen-bond acceptors (Lipinski definition) is 5. The van der Waals surface area contributed by atoms with E-state index in [-0.39, 0.29) is 23.5 Å². The molecule has 206 valence electrons. The Kier molecular flexibility index (Phi) is 8.21. The van der Waals surface area contributed by atoms with E-state index in [0.29, 0.717) is 28.2 Å². The molecule has 2 heterocycles. The summed E-state index contributed by atoms with van der Waals surface area (Å²) < 4.78 is 1.38. The molecule has 1 aromatic heterocycles. The summed E-state index contributed by atoms with van der Waals surface area (Å²) in [6, 6.07) is 18.0. The number of carbonyl (C=O) groups excluding carboxylic acids is 2. The van der Waals surface area contributed by atoms with Crippen molar-refractivity contribution in [2.45, 2.75) is 25.4 Å². The van der Waals surface area contributed by atoms with Gasteiger partial charge in [-0.25, -0.2) is 4.98 Å². The molecule has 1 aliphatic rings. The Morgan fingerprint density at radius 2 is 1.70 bits per heavy atom. The number of fused-ring (bicyclic) bond motifs is 1. The van der Waals surface area contributed by atoms with Gasteiger partial charge in [-0.1, -0.05) is 65.7 Å². The lowest BCUT2D eigenvalue weighted by Crippen LogP contribution is -2.41. The second-order valence-corrected chi connectivity index (χ2v) is 10.8. The molecule has 1 unspecified atom stereocenters. The molecule has 1 atom stereocenters. The van der Waals surface area contributed by atoms with Crippen molar-refractivity contribution in [2.24, 2.45) is 5.73 Å². The van der Waals surface area contributed by atoms with E-state index in [1.165, 1.54) is 10.8 Å². The number of rotatable bonds is 8. The van der Waals surface area contributed by atoms with Crippen LogP contribution < -0.4 is 11.3 Å². The zero-order chi connectivity index (χ0) is 28.4. The quantitative estimate of drug-likeness (QED) is 0.325. The molecule has 0 saturated carbocycles. The van der Waals surface area contributed by atoms with Gasteiger partial charge in [-0.3, -0.25) is 19.0 Å². The third-order valence-electron chi connectivity index (χ3n) is 7.47. The van der Waals surface area contributed by atoms with Crippen LogP contribution in [0, 0.1) is 0 Å². The Morgan fingerprint density at radius 1 is 1.02 bits per heavy atom. The van der Waals surface area contributed by atoms with Gasteiger partial charge in [-0.05, 0) is 60.8 Å². The van der Waals surface area contributed by atoms with Crippen LogP contribution in [0.4, 0.5) is 0 Å². The van der Waals surface area contributed by atoms with Gasteiger partial charge < -0.3 is 15.5 Å². The summed E-state index contributed by atoms with van der Waals surface area (Å²) in [4.78, 5) is 46.6. The topological polar surface area (TPSA) is 102 Å². The van der Waals surface area contributed by atoms with E-state index in [2.05, 4.69) is 9.88 Å². The smallest absolute Gasteiger partial charge is 0.269 e. The number of hydrogen-bond donors (Lipinski definition) is 1. The van der Waals surface area contributed by atoms with Gasteiger partial charge in [-0.15, -0.1) is 0 Å². The molecule has 0 aliphatic carbocycles. The summed E-state index contributed by atoms with van der Waals surface area (Å²) >= 11 is 12.4. The molecule has 1 fully saturated rings. The highest BCUT2D eigenvalue weighted by Gasteiger charge is 2.26. The number of aromatic nitrogens is 2. The molecule has 0 radical (unpaired) electrons. The molecule has 0 bridgehead atoms. The van der Waals surface area contributed by atoms with Crippen molar-refractivity contribution in [1.29, 1.82) is 0 Å². The Hall–Kier alpha value is -3.72. The first kappa shape index (κ1) is 27.8. The Labute approximate surface area is 241 Å². The summed E-state index contributed by atoms with van der Waals surface area (Å²) in [6.07, 6.45) is 3.42. The van der Waals surface area contributed by atoms with Crippen molar-refractivity contribution in [3.63, 3.8) is 0 Å². The average molecular weight is 579 g/mol. The average Bonchev–Trinajstić information content (AvgIpc) is 3.47. The number of nitrogens with zero attached hydrogens (tertiary/aromatic N) is 4. The Morgan fingerprint density at radius 3 is 2.40 bits per heavy atom. The van der Waals surface area contributed by atoms with E-state index in [1.54, 1.807) is 36.2 Å². The van der Waals surface area contributed by atoms with Crippen molar-refractivity contribution >= 4 is 46.0 Å². The SMILES string of the molecule is CN(C(=O)Cn1c(=O)cnc2cc(Cl)c(Cl)cc21)C(CN1CCCC1)c1ccc(-c2ccccc2C(N)=O)cc1. The molecule has 2 amide bonds. The van der Waals surface area contributed by atoms with Crippen molar-refractivity contribution in [3.05, 3.63) is 98.4 Å². The van der Waals surface area contributed by atoms with Crippen molar-refractivity contribution in [2.75, 3.05) is 26.7 Å². The van der Waals surface area contributed by atoms with Gasteiger partial charge in [0.15, 0.2) is 0 Å². The molecular formula is C30H29Cl2N5O3. The Balaban J connectivity index is 1.46. The third kappa shape index (κ3) is 5.75. The second kappa shape index (κ2) is 11.8. The number of likely N-dealkylation sites (tertiary alicyclic amines) is 1. The van der Waals surface area contributed by atoms with Gasteiger partial charge in [0.2, 0.25) is 11.8 Å². The normalized spacial score (nSPS) is 14.4. The van der Waals surface area contributed by atoms with Crippen molar-refractivity contribution < 1.29 is 9.59 Å². The van der Waals surface area contributed by atoms with E-state index in [4.69, 9.17) is 28.9 Å². The van der Waals surface area contributed by atoms with E-state index < -0.39 is 11.5 Å². The first-order valence-corrected chi connectivity index (χ1v) is 13.8. The van der Waals surface area contributed by atoms with Gasteiger partial charge in [0.05, 0.1) is 33.3 Å². The molecular weight excluding hydrogens is 549 g/mol. The summed E-state index contributed by atoms with van der Waals surface area (Å²) in [5.74, 6) is -0.715. The maximum absolute atomic E-state index is 13.7. The highest BCUT2D eigenvalue weighted by molar-refractivity contribution is 6.42. The maximum Gasteiger partial charge on any atom is 0.269 e. The van der Waals surface area contributed by atoms with Gasteiger partial charge in [-0.2, -0.15) is 0 Å². The predicted octanol–water partition coefficient (Wildman–Crippen LogP) is 4.76. The van der Waals surface area contributed by atoms with Crippen LogP contribution in [0.25, 0.3) is 22.2 Å². The van der Waals surface area contributed by atoms with Crippen LogP contribution in [-0.2, 0) is 11.3 Å². The summed E-state index contributed by atoms with van der Waals surface area (Å²) in [6.45, 7) is 2.42. The number of benzene rings is 3. The van der Waals surface area contributed by atoms with E-state index in [9.17, 15) is 14.4 Å². The number of nitrogens with two attached hydrogens (primary N) is 1. The summed E-state index contributed by atoms with van der Waals surface area (Å²) in [7, 11) is 1.76. The van der Waals surface area contributed by atoms with E-state index in [1.807, 2.05) is 36.4 Å². The lowest BCUT2D eigenvalue weighted by Gasteiger charge is -2.32. The van der Waals surface area contributed by atoms with Gasteiger partial charge in [0.1, 0.15) is 6.54 Å². The Bertz CT molecular complexity index is 1630.